The van der Waals surface area contributed by atoms with Crippen molar-refractivity contribution < 1.29 is 13.9 Å². The number of carbonyl (C=O) groups is 1. The third kappa shape index (κ3) is 1.58. The quantitative estimate of drug-likeness (QED) is 0.670. The highest BCUT2D eigenvalue weighted by Crippen LogP contribution is 2.20. The Hall–Kier alpha value is -1.84. The third-order valence-electron chi connectivity index (χ3n) is 2.36. The van der Waals surface area contributed by atoms with E-state index in [4.69, 9.17) is 4.42 Å². The fraction of sp³-hybridized carbons (Fsp3) is 0.273. The lowest BCUT2D eigenvalue weighted by atomic mass is 10.1. The van der Waals surface area contributed by atoms with E-state index in [9.17, 15) is 4.79 Å². The molecule has 1 heterocycles. The zero-order chi connectivity index (χ0) is 11.0. The molecule has 0 saturated carbocycles. The maximum absolute atomic E-state index is 11.2. The Balaban J connectivity index is 2.61. The lowest BCUT2D eigenvalue weighted by molar-refractivity contribution is 0.0558. The molecule has 2 rings (SSSR count). The van der Waals surface area contributed by atoms with E-state index in [1.54, 1.807) is 0 Å². The molecule has 0 radical (unpaired) electrons. The standard InChI is InChI=1S/C11H11NO3/c1-6-4-8-9(5-7(6)2)15-10(12-8)11(13)14-3/h4-5H,1-3H3. The Morgan fingerprint density at radius 2 is 2.00 bits per heavy atom. The molecule has 78 valence electrons. The predicted molar refractivity (Wildman–Crippen MR) is 54.8 cm³/mol. The average Bonchev–Trinajstić information content (AvgIpc) is 2.60. The molecule has 0 aliphatic rings. The third-order valence-corrected chi connectivity index (χ3v) is 2.36. The first-order valence-electron chi connectivity index (χ1n) is 4.58. The van der Waals surface area contributed by atoms with Crippen LogP contribution in [0.1, 0.15) is 21.8 Å². The monoisotopic (exact) mass is 205 g/mol. The first-order valence-corrected chi connectivity index (χ1v) is 4.58. The van der Waals surface area contributed by atoms with Crippen LogP contribution in [0.2, 0.25) is 0 Å². The van der Waals surface area contributed by atoms with Crippen molar-refractivity contribution in [1.82, 2.24) is 4.98 Å². The second-order valence-electron chi connectivity index (χ2n) is 3.41. The molecule has 0 amide bonds. The van der Waals surface area contributed by atoms with Gasteiger partial charge in [-0.25, -0.2) is 9.78 Å². The van der Waals surface area contributed by atoms with E-state index in [0.29, 0.717) is 11.1 Å². The van der Waals surface area contributed by atoms with E-state index >= 15 is 0 Å². The number of esters is 1. The molecular weight excluding hydrogens is 194 g/mol. The van der Waals surface area contributed by atoms with Gasteiger partial charge in [0.2, 0.25) is 0 Å². The summed E-state index contributed by atoms with van der Waals surface area (Å²) in [5, 5.41) is 0. The van der Waals surface area contributed by atoms with Crippen LogP contribution >= 0.6 is 0 Å². The van der Waals surface area contributed by atoms with Crippen LogP contribution in [-0.4, -0.2) is 18.1 Å². The SMILES string of the molecule is COC(=O)c1nc2cc(C)c(C)cc2o1. The van der Waals surface area contributed by atoms with Gasteiger partial charge in [-0.15, -0.1) is 0 Å². The van der Waals surface area contributed by atoms with Gasteiger partial charge in [0.25, 0.3) is 0 Å². The molecule has 2 aromatic rings. The lowest BCUT2D eigenvalue weighted by Gasteiger charge is -1.96. The van der Waals surface area contributed by atoms with Gasteiger partial charge in [-0.05, 0) is 37.1 Å². The Labute approximate surface area is 86.9 Å². The minimum atomic E-state index is -0.554. The largest absolute Gasteiger partial charge is 0.462 e. The van der Waals surface area contributed by atoms with Crippen molar-refractivity contribution in [2.75, 3.05) is 7.11 Å². The summed E-state index contributed by atoms with van der Waals surface area (Å²) in [6.07, 6.45) is 0. The van der Waals surface area contributed by atoms with Crippen molar-refractivity contribution in [2.24, 2.45) is 0 Å². The van der Waals surface area contributed by atoms with Gasteiger partial charge in [-0.3, -0.25) is 0 Å². The summed E-state index contributed by atoms with van der Waals surface area (Å²) in [5.74, 6) is -0.556. The van der Waals surface area contributed by atoms with Crippen LogP contribution in [0.4, 0.5) is 0 Å². The number of oxazole rings is 1. The number of carbonyl (C=O) groups excluding carboxylic acids is 1. The van der Waals surface area contributed by atoms with Crippen molar-refractivity contribution in [2.45, 2.75) is 13.8 Å². The highest BCUT2D eigenvalue weighted by Gasteiger charge is 2.14. The molecule has 0 saturated heterocycles. The number of methoxy groups -OCH3 is 1. The molecule has 0 N–H and O–H groups in total. The van der Waals surface area contributed by atoms with Crippen LogP contribution in [0.25, 0.3) is 11.1 Å². The second-order valence-corrected chi connectivity index (χ2v) is 3.41. The molecule has 0 aliphatic heterocycles. The lowest BCUT2D eigenvalue weighted by Crippen LogP contribution is -2.00. The number of aryl methyl sites for hydroxylation is 2. The van der Waals surface area contributed by atoms with Crippen LogP contribution in [-0.2, 0) is 4.74 Å². The van der Waals surface area contributed by atoms with Gasteiger partial charge < -0.3 is 9.15 Å². The van der Waals surface area contributed by atoms with Crippen LogP contribution in [0.3, 0.4) is 0 Å². The topological polar surface area (TPSA) is 52.3 Å². The number of nitrogens with zero attached hydrogens (tertiary/aromatic N) is 1. The average molecular weight is 205 g/mol. The van der Waals surface area contributed by atoms with E-state index in [-0.39, 0.29) is 5.89 Å². The summed E-state index contributed by atoms with van der Waals surface area (Å²) in [5.41, 5.74) is 3.51. The summed E-state index contributed by atoms with van der Waals surface area (Å²) < 4.78 is 9.80. The van der Waals surface area contributed by atoms with E-state index in [2.05, 4.69) is 9.72 Å². The van der Waals surface area contributed by atoms with E-state index in [1.165, 1.54) is 7.11 Å². The summed E-state index contributed by atoms with van der Waals surface area (Å²) in [6.45, 7) is 3.97. The summed E-state index contributed by atoms with van der Waals surface area (Å²) >= 11 is 0. The minimum Gasteiger partial charge on any atom is -0.462 e. The van der Waals surface area contributed by atoms with Crippen molar-refractivity contribution in [3.8, 4) is 0 Å². The fourth-order valence-electron chi connectivity index (χ4n) is 1.35. The van der Waals surface area contributed by atoms with Crippen molar-refractivity contribution in [1.29, 1.82) is 0 Å². The van der Waals surface area contributed by atoms with Crippen LogP contribution in [0.5, 0.6) is 0 Å². The fourth-order valence-corrected chi connectivity index (χ4v) is 1.35. The Bertz CT molecular complexity index is 489. The molecule has 4 heteroatoms. The van der Waals surface area contributed by atoms with Crippen LogP contribution < -0.4 is 0 Å². The van der Waals surface area contributed by atoms with Crippen LogP contribution in [0, 0.1) is 13.8 Å². The maximum atomic E-state index is 11.2. The Morgan fingerprint density at radius 1 is 1.33 bits per heavy atom. The first kappa shape index (κ1) is 9.71. The van der Waals surface area contributed by atoms with E-state index in [1.807, 2.05) is 26.0 Å². The number of hydrogen-bond acceptors (Lipinski definition) is 4. The first-order chi connectivity index (χ1) is 7.11. The number of aromatic nitrogens is 1. The molecule has 0 unspecified atom stereocenters. The van der Waals surface area contributed by atoms with Gasteiger partial charge in [0.1, 0.15) is 5.52 Å². The number of rotatable bonds is 1. The van der Waals surface area contributed by atoms with Gasteiger partial charge >= 0.3 is 11.9 Å². The summed E-state index contributed by atoms with van der Waals surface area (Å²) in [6, 6.07) is 3.75. The van der Waals surface area contributed by atoms with E-state index in [0.717, 1.165) is 11.1 Å². The molecule has 1 aromatic heterocycles. The van der Waals surface area contributed by atoms with Gasteiger partial charge in [0, 0.05) is 0 Å². The van der Waals surface area contributed by atoms with Crippen molar-refractivity contribution >= 4 is 17.1 Å². The normalized spacial score (nSPS) is 10.6. The summed E-state index contributed by atoms with van der Waals surface area (Å²) in [7, 11) is 1.30. The predicted octanol–water partition coefficient (Wildman–Crippen LogP) is 2.23. The van der Waals surface area contributed by atoms with Crippen LogP contribution in [0.15, 0.2) is 16.5 Å². The van der Waals surface area contributed by atoms with Gasteiger partial charge in [-0.2, -0.15) is 0 Å². The molecular formula is C11H11NO3. The zero-order valence-electron chi connectivity index (χ0n) is 8.83. The zero-order valence-corrected chi connectivity index (χ0v) is 8.83. The van der Waals surface area contributed by atoms with E-state index < -0.39 is 5.97 Å². The second kappa shape index (κ2) is 3.38. The number of benzene rings is 1. The highest BCUT2D eigenvalue weighted by molar-refractivity contribution is 5.88. The molecule has 0 spiro atoms. The van der Waals surface area contributed by atoms with Gasteiger partial charge in [0.15, 0.2) is 5.58 Å². The number of hydrogen-bond donors (Lipinski definition) is 0. The molecule has 1 aromatic carbocycles. The van der Waals surface area contributed by atoms with Gasteiger partial charge in [-0.1, -0.05) is 0 Å². The minimum absolute atomic E-state index is 0.00231. The molecule has 0 bridgehead atoms. The molecule has 0 fully saturated rings. The van der Waals surface area contributed by atoms with Crippen molar-refractivity contribution in [3.63, 3.8) is 0 Å². The molecule has 0 atom stereocenters. The maximum Gasteiger partial charge on any atom is 0.394 e. The summed E-state index contributed by atoms with van der Waals surface area (Å²) in [4.78, 5) is 15.2. The van der Waals surface area contributed by atoms with Gasteiger partial charge in [0.05, 0.1) is 7.11 Å². The Morgan fingerprint density at radius 3 is 2.67 bits per heavy atom. The van der Waals surface area contributed by atoms with Crippen molar-refractivity contribution in [3.05, 3.63) is 29.2 Å². The molecule has 0 aliphatic carbocycles. The molecule has 4 nitrogen and oxygen atoms in total. The highest BCUT2D eigenvalue weighted by atomic mass is 16.5. The smallest absolute Gasteiger partial charge is 0.394 e. The Kier molecular flexibility index (Phi) is 2.19. The number of ether oxygens (including phenoxy) is 1. The number of fused-ring (bicyclic) bond motifs is 1. The molecule has 15 heavy (non-hydrogen) atoms.